The van der Waals surface area contributed by atoms with Gasteiger partial charge in [-0.2, -0.15) is 0 Å². The third-order valence-corrected chi connectivity index (χ3v) is 6.11. The molecule has 8 nitrogen and oxygen atoms in total. The number of rotatable bonds is 5. The second-order valence-corrected chi connectivity index (χ2v) is 8.75. The Kier molecular flexibility index (Phi) is 6.11. The maximum atomic E-state index is 14.5. The van der Waals surface area contributed by atoms with E-state index in [1.165, 1.54) is 30.7 Å². The Hall–Kier alpha value is -3.41. The van der Waals surface area contributed by atoms with Crippen LogP contribution in [0.3, 0.4) is 0 Å². The summed E-state index contributed by atoms with van der Waals surface area (Å²) in [6.07, 6.45) is 0. The van der Waals surface area contributed by atoms with E-state index in [0.717, 1.165) is 4.57 Å². The van der Waals surface area contributed by atoms with Crippen molar-refractivity contribution in [2.45, 2.75) is 13.5 Å². The van der Waals surface area contributed by atoms with Gasteiger partial charge in [0.25, 0.3) is 11.1 Å². The predicted octanol–water partition coefficient (Wildman–Crippen LogP) is 3.24. The van der Waals surface area contributed by atoms with E-state index in [9.17, 15) is 18.8 Å². The van der Waals surface area contributed by atoms with Crippen LogP contribution in [0.25, 0.3) is 10.9 Å². The molecule has 0 bridgehead atoms. The van der Waals surface area contributed by atoms with E-state index in [-0.39, 0.29) is 34.5 Å². The van der Waals surface area contributed by atoms with Gasteiger partial charge < -0.3 is 15.0 Å². The summed E-state index contributed by atoms with van der Waals surface area (Å²) >= 11 is 1.99. The summed E-state index contributed by atoms with van der Waals surface area (Å²) in [6, 6.07) is 11.5. The minimum Gasteiger partial charge on any atom is -0.497 e. The van der Waals surface area contributed by atoms with Crippen molar-refractivity contribution in [2.75, 3.05) is 12.4 Å². The van der Waals surface area contributed by atoms with E-state index in [1.807, 2.05) is 22.6 Å². The smallest absolute Gasteiger partial charge is 0.329 e. The van der Waals surface area contributed by atoms with Crippen molar-refractivity contribution in [3.63, 3.8) is 0 Å². The Morgan fingerprint density at radius 3 is 2.42 bits per heavy atom. The summed E-state index contributed by atoms with van der Waals surface area (Å²) in [5, 5.41) is 2.96. The molecule has 2 heterocycles. The van der Waals surface area contributed by atoms with Gasteiger partial charge in [0.05, 0.1) is 24.9 Å². The number of hydrogen-bond donors (Lipinski definition) is 2. The molecule has 2 aromatic heterocycles. The molecule has 4 rings (SSSR count). The van der Waals surface area contributed by atoms with Crippen LogP contribution < -0.4 is 26.9 Å². The van der Waals surface area contributed by atoms with Gasteiger partial charge in [0.1, 0.15) is 22.8 Å². The number of aromatic nitrogens is 3. The predicted molar refractivity (Wildman–Crippen MR) is 133 cm³/mol. The van der Waals surface area contributed by atoms with Gasteiger partial charge in [-0.15, -0.1) is 0 Å². The first-order valence-electron chi connectivity index (χ1n) is 9.92. The minimum atomic E-state index is -0.647. The van der Waals surface area contributed by atoms with Crippen molar-refractivity contribution < 1.29 is 9.13 Å². The van der Waals surface area contributed by atoms with Crippen LogP contribution in [0.1, 0.15) is 11.1 Å². The van der Waals surface area contributed by atoms with Crippen LogP contribution in [-0.4, -0.2) is 21.2 Å². The normalized spacial score (nSPS) is 11.1. The van der Waals surface area contributed by atoms with Crippen molar-refractivity contribution >= 4 is 45.0 Å². The molecule has 0 amide bonds. The molecule has 4 aromatic rings. The maximum absolute atomic E-state index is 14.5. The molecule has 170 valence electrons. The number of aromatic amines is 1. The second-order valence-electron chi connectivity index (χ2n) is 7.51. The molecule has 0 fully saturated rings. The van der Waals surface area contributed by atoms with E-state index >= 15 is 0 Å². The number of anilines is 2. The van der Waals surface area contributed by atoms with Crippen LogP contribution in [0.4, 0.5) is 15.9 Å². The molecule has 0 saturated carbocycles. The zero-order chi connectivity index (χ0) is 23.9. The fourth-order valence-corrected chi connectivity index (χ4v) is 4.07. The third kappa shape index (κ3) is 4.17. The number of methoxy groups -OCH3 is 1. The minimum absolute atomic E-state index is 0.00726. The van der Waals surface area contributed by atoms with Crippen LogP contribution in [0.5, 0.6) is 5.75 Å². The highest BCUT2D eigenvalue weighted by molar-refractivity contribution is 14.1. The summed E-state index contributed by atoms with van der Waals surface area (Å²) in [5.74, 6) is 0.201. The van der Waals surface area contributed by atoms with Gasteiger partial charge in [-0.1, -0.05) is 12.1 Å². The fourth-order valence-electron chi connectivity index (χ4n) is 3.62. The van der Waals surface area contributed by atoms with Crippen LogP contribution in [0.15, 0.2) is 56.8 Å². The molecule has 33 heavy (non-hydrogen) atoms. The number of pyridine rings is 1. The zero-order valence-electron chi connectivity index (χ0n) is 18.0. The second kappa shape index (κ2) is 8.85. The molecule has 0 unspecified atom stereocenters. The highest BCUT2D eigenvalue weighted by Crippen LogP contribution is 2.25. The lowest BCUT2D eigenvalue weighted by atomic mass is 10.1. The monoisotopic (exact) mass is 562 g/mol. The topological polar surface area (TPSA) is 98.1 Å². The molecule has 2 aromatic carbocycles. The van der Waals surface area contributed by atoms with Crippen molar-refractivity contribution in [3.05, 3.63) is 94.2 Å². The Morgan fingerprint density at radius 1 is 1.09 bits per heavy atom. The average Bonchev–Trinajstić information content (AvgIpc) is 2.80. The summed E-state index contributed by atoms with van der Waals surface area (Å²) in [6.45, 7) is 1.54. The number of nitrogens with zero attached hydrogens (tertiary/aromatic N) is 2. The summed E-state index contributed by atoms with van der Waals surface area (Å²) in [4.78, 5) is 41.7. The van der Waals surface area contributed by atoms with E-state index in [1.54, 1.807) is 37.4 Å². The van der Waals surface area contributed by atoms with Crippen molar-refractivity contribution in [3.8, 4) is 5.75 Å². The number of halogens is 2. The molecule has 0 radical (unpaired) electrons. The molecule has 2 N–H and O–H groups in total. The molecule has 0 spiro atoms. The highest BCUT2D eigenvalue weighted by Gasteiger charge is 2.20. The largest absolute Gasteiger partial charge is 0.497 e. The van der Waals surface area contributed by atoms with Crippen molar-refractivity contribution in [1.82, 2.24) is 14.1 Å². The average molecular weight is 562 g/mol. The molecule has 0 aliphatic rings. The van der Waals surface area contributed by atoms with Crippen molar-refractivity contribution in [1.29, 1.82) is 0 Å². The van der Waals surface area contributed by atoms with E-state index < -0.39 is 22.6 Å². The lowest BCUT2D eigenvalue weighted by Gasteiger charge is -2.17. The zero-order valence-corrected chi connectivity index (χ0v) is 20.2. The standard InChI is InChI=1S/C23H20FIN4O4/c1-12-19-18(20(28(2)21(12)30)26-17-9-6-14(25)10-16(17)24)22(31)29(23(32)27-19)11-13-4-7-15(33-3)8-5-13/h4-10,26H,11H2,1-3H3,(H,27,32). The Morgan fingerprint density at radius 2 is 1.79 bits per heavy atom. The number of hydrogen-bond acceptors (Lipinski definition) is 5. The van der Waals surface area contributed by atoms with Crippen LogP contribution >= 0.6 is 22.6 Å². The fraction of sp³-hybridized carbons (Fsp3) is 0.174. The quantitative estimate of drug-likeness (QED) is 0.364. The van der Waals surface area contributed by atoms with Crippen LogP contribution in [-0.2, 0) is 13.6 Å². The first kappa shape index (κ1) is 22.8. The molecule has 0 aliphatic heterocycles. The molecular formula is C23H20FIN4O4. The lowest BCUT2D eigenvalue weighted by Crippen LogP contribution is -2.37. The van der Waals surface area contributed by atoms with E-state index in [0.29, 0.717) is 14.9 Å². The van der Waals surface area contributed by atoms with Gasteiger partial charge in [0.2, 0.25) is 0 Å². The van der Waals surface area contributed by atoms with Gasteiger partial charge in [0.15, 0.2) is 0 Å². The number of ether oxygens (including phenoxy) is 1. The maximum Gasteiger partial charge on any atom is 0.329 e. The molecular weight excluding hydrogens is 542 g/mol. The number of nitrogens with one attached hydrogen (secondary N) is 2. The SMILES string of the molecule is COc1ccc(Cn2c(=O)[nH]c3c(C)c(=O)n(C)c(Nc4ccc(I)cc4F)c3c2=O)cc1. The van der Waals surface area contributed by atoms with Gasteiger partial charge in [-0.25, -0.2) is 9.18 Å². The van der Waals surface area contributed by atoms with E-state index in [2.05, 4.69) is 10.3 Å². The molecule has 0 saturated heterocycles. The third-order valence-electron chi connectivity index (χ3n) is 5.44. The van der Waals surface area contributed by atoms with Gasteiger partial charge in [-0.05, 0) is 65.4 Å². The highest BCUT2D eigenvalue weighted by atomic mass is 127. The Labute approximate surface area is 200 Å². The van der Waals surface area contributed by atoms with Gasteiger partial charge in [-0.3, -0.25) is 18.7 Å². The number of benzene rings is 2. The van der Waals surface area contributed by atoms with Gasteiger partial charge >= 0.3 is 5.69 Å². The first-order chi connectivity index (χ1) is 15.7. The summed E-state index contributed by atoms with van der Waals surface area (Å²) < 4.78 is 22.7. The Balaban J connectivity index is 1.95. The molecule has 0 atom stereocenters. The summed E-state index contributed by atoms with van der Waals surface area (Å²) in [7, 11) is 3.03. The number of fused-ring (bicyclic) bond motifs is 1. The van der Waals surface area contributed by atoms with E-state index in [4.69, 9.17) is 4.74 Å². The first-order valence-corrected chi connectivity index (χ1v) is 11.0. The molecule has 10 heteroatoms. The van der Waals surface area contributed by atoms with Crippen molar-refractivity contribution in [2.24, 2.45) is 7.05 Å². The van der Waals surface area contributed by atoms with Gasteiger partial charge in [0, 0.05) is 16.2 Å². The number of aryl methyl sites for hydroxylation is 1. The lowest BCUT2D eigenvalue weighted by molar-refractivity contribution is 0.414. The number of H-pyrrole nitrogens is 1. The van der Waals surface area contributed by atoms with Crippen LogP contribution in [0, 0.1) is 16.3 Å². The van der Waals surface area contributed by atoms with Crippen LogP contribution in [0.2, 0.25) is 0 Å². The molecule has 0 aliphatic carbocycles. The summed E-state index contributed by atoms with van der Waals surface area (Å²) in [5.41, 5.74) is -0.522. The Bertz CT molecular complexity index is 1550.